The van der Waals surface area contributed by atoms with Crippen molar-refractivity contribution >= 4 is 51.3 Å². The Balaban J connectivity index is 2.24. The molecule has 0 bridgehead atoms. The zero-order valence-corrected chi connectivity index (χ0v) is 20.7. The molecule has 0 saturated heterocycles. The highest BCUT2D eigenvalue weighted by Crippen LogP contribution is 2.40. The van der Waals surface area contributed by atoms with Crippen molar-refractivity contribution in [3.05, 3.63) is 57.6 Å². The number of hydrogen-bond donors (Lipinski definition) is 1. The van der Waals surface area contributed by atoms with E-state index in [0.29, 0.717) is 40.5 Å². The van der Waals surface area contributed by atoms with Gasteiger partial charge in [-0.15, -0.1) is 11.6 Å². The molecule has 0 radical (unpaired) electrons. The Morgan fingerprint density at radius 3 is 2.13 bits per heavy atom. The largest absolute Gasteiger partial charge is 0.490 e. The van der Waals surface area contributed by atoms with Gasteiger partial charge in [-0.05, 0) is 48.7 Å². The fourth-order valence-electron chi connectivity index (χ4n) is 2.95. The number of ether oxygens (including phenoxy) is 2. The number of Topliss-reactive ketones (excluding diaryl/α,β-unsaturated/α-hetero) is 1. The average Bonchev–Trinajstić information content (AvgIpc) is 2.69. The third-order valence-electron chi connectivity index (χ3n) is 4.87. The van der Waals surface area contributed by atoms with E-state index in [0.717, 1.165) is 11.1 Å². The second-order valence-electron chi connectivity index (χ2n) is 7.54. The third kappa shape index (κ3) is 7.01. The maximum Gasteiger partial charge on any atom is 0.171 e. The Morgan fingerprint density at radius 2 is 1.65 bits per heavy atom. The minimum atomic E-state index is -2.73. The highest BCUT2D eigenvalue weighted by atomic mass is 35.5. The molecule has 0 aromatic heterocycles. The van der Waals surface area contributed by atoms with Gasteiger partial charge in [0, 0.05) is 11.3 Å². The summed E-state index contributed by atoms with van der Waals surface area (Å²) < 4.78 is 33.1. The topological polar surface area (TPSA) is 69.7 Å². The molecule has 0 spiro atoms. The standard InChI is InChI=1S/C22H25Cl3O5S/c1-14(26)20(13-31(27)28)30-17-7-5-15(6-8-17)22(2,3)16-11-18(24)21(19(25)12-16)29-10-4-9-23/h5-8,11-12,20,31H,4,9-10,13H2,1-3H3/t20-/m1/s1. The number of rotatable bonds is 11. The van der Waals surface area contributed by atoms with E-state index >= 15 is 0 Å². The van der Waals surface area contributed by atoms with Crippen molar-refractivity contribution in [1.29, 1.82) is 0 Å². The molecule has 0 fully saturated rings. The fraction of sp³-hybridized carbons (Fsp3) is 0.409. The summed E-state index contributed by atoms with van der Waals surface area (Å²) in [5.74, 6) is 0.636. The Hall–Kier alpha value is -1.47. The molecular formula is C22H25Cl3O5S. The first-order valence-corrected chi connectivity index (χ1v) is 12.3. The molecule has 2 rings (SSSR count). The summed E-state index contributed by atoms with van der Waals surface area (Å²) in [5.41, 5.74) is 1.40. The first-order chi connectivity index (χ1) is 14.6. The number of carbonyl (C=O) groups is 1. The van der Waals surface area contributed by atoms with E-state index in [2.05, 4.69) is 0 Å². The van der Waals surface area contributed by atoms with Gasteiger partial charge in [0.1, 0.15) is 16.5 Å². The fourth-order valence-corrected chi connectivity index (χ4v) is 4.26. The van der Waals surface area contributed by atoms with Crippen LogP contribution in [0.2, 0.25) is 10.0 Å². The van der Waals surface area contributed by atoms with Crippen LogP contribution in [0, 0.1) is 0 Å². The lowest BCUT2D eigenvalue weighted by atomic mass is 9.78. The Morgan fingerprint density at radius 1 is 1.06 bits per heavy atom. The second-order valence-corrected chi connectivity index (χ2v) is 9.76. The van der Waals surface area contributed by atoms with Crippen LogP contribution < -0.4 is 9.47 Å². The minimum Gasteiger partial charge on any atom is -0.490 e. The van der Waals surface area contributed by atoms with Crippen LogP contribution in [0.25, 0.3) is 0 Å². The summed E-state index contributed by atoms with van der Waals surface area (Å²) in [5, 5.41) is 0.835. The van der Waals surface area contributed by atoms with Crippen LogP contribution in [-0.2, 0) is 20.9 Å². The third-order valence-corrected chi connectivity index (χ3v) is 6.33. The SMILES string of the molecule is CC(=O)[C@@H](C[SH](=O)=O)Oc1ccc(C(C)(C)c2cc(Cl)c(OCCCCl)c(Cl)c2)cc1. The van der Waals surface area contributed by atoms with Gasteiger partial charge in [-0.3, -0.25) is 4.79 Å². The molecule has 2 aromatic carbocycles. The van der Waals surface area contributed by atoms with E-state index in [1.807, 2.05) is 38.1 Å². The summed E-state index contributed by atoms with van der Waals surface area (Å²) in [6.07, 6.45) is -0.338. The summed E-state index contributed by atoms with van der Waals surface area (Å²) >= 11 is 18.5. The van der Waals surface area contributed by atoms with E-state index in [9.17, 15) is 13.2 Å². The lowest BCUT2D eigenvalue weighted by Gasteiger charge is -2.27. The van der Waals surface area contributed by atoms with Gasteiger partial charge in [0.15, 0.2) is 17.6 Å². The molecule has 0 N–H and O–H groups in total. The summed E-state index contributed by atoms with van der Waals surface area (Å²) in [7, 11) is -2.73. The van der Waals surface area contributed by atoms with Gasteiger partial charge in [0.25, 0.3) is 0 Å². The van der Waals surface area contributed by atoms with E-state index in [1.165, 1.54) is 6.92 Å². The number of benzene rings is 2. The van der Waals surface area contributed by atoms with Crippen LogP contribution in [-0.4, -0.2) is 38.5 Å². The number of carbonyl (C=O) groups excluding carboxylic acids is 1. The van der Waals surface area contributed by atoms with Gasteiger partial charge in [-0.1, -0.05) is 49.2 Å². The van der Waals surface area contributed by atoms with Gasteiger partial charge >= 0.3 is 0 Å². The van der Waals surface area contributed by atoms with Crippen molar-refractivity contribution < 1.29 is 22.7 Å². The monoisotopic (exact) mass is 506 g/mol. The van der Waals surface area contributed by atoms with Gasteiger partial charge in [0.2, 0.25) is 0 Å². The van der Waals surface area contributed by atoms with Crippen molar-refractivity contribution in [2.75, 3.05) is 18.2 Å². The summed E-state index contributed by atoms with van der Waals surface area (Å²) in [6, 6.07) is 10.8. The first-order valence-electron chi connectivity index (χ1n) is 9.64. The molecule has 170 valence electrons. The lowest BCUT2D eigenvalue weighted by Crippen LogP contribution is -2.29. The molecule has 0 unspecified atom stereocenters. The quantitative estimate of drug-likeness (QED) is 0.255. The predicted molar refractivity (Wildman–Crippen MR) is 126 cm³/mol. The number of halogens is 3. The predicted octanol–water partition coefficient (Wildman–Crippen LogP) is 5.27. The highest BCUT2D eigenvalue weighted by molar-refractivity contribution is 7.72. The molecule has 31 heavy (non-hydrogen) atoms. The Bertz CT molecular complexity index is 956. The molecule has 0 heterocycles. The van der Waals surface area contributed by atoms with Gasteiger partial charge < -0.3 is 9.47 Å². The summed E-state index contributed by atoms with van der Waals surface area (Å²) in [4.78, 5) is 11.6. The molecule has 5 nitrogen and oxygen atoms in total. The van der Waals surface area contributed by atoms with Crippen LogP contribution >= 0.6 is 34.8 Å². The van der Waals surface area contributed by atoms with Crippen molar-refractivity contribution in [1.82, 2.24) is 0 Å². The van der Waals surface area contributed by atoms with Crippen LogP contribution in [0.1, 0.15) is 38.3 Å². The smallest absolute Gasteiger partial charge is 0.171 e. The van der Waals surface area contributed by atoms with Crippen LogP contribution in [0.4, 0.5) is 0 Å². The van der Waals surface area contributed by atoms with Crippen LogP contribution in [0.3, 0.4) is 0 Å². The van der Waals surface area contributed by atoms with Crippen molar-refractivity contribution in [3.63, 3.8) is 0 Å². The van der Waals surface area contributed by atoms with Crippen molar-refractivity contribution in [2.45, 2.75) is 38.7 Å². The molecule has 1 atom stereocenters. The number of hydrogen-bond acceptors (Lipinski definition) is 5. The van der Waals surface area contributed by atoms with E-state index in [4.69, 9.17) is 44.3 Å². The zero-order chi connectivity index (χ0) is 23.2. The normalized spacial score (nSPS) is 12.6. The van der Waals surface area contributed by atoms with E-state index in [-0.39, 0.29) is 11.5 Å². The molecule has 2 aromatic rings. The molecule has 0 aliphatic rings. The lowest BCUT2D eigenvalue weighted by molar-refractivity contribution is -0.122. The molecule has 0 saturated carbocycles. The number of thiol groups is 1. The maximum absolute atomic E-state index is 11.6. The number of ketones is 1. The van der Waals surface area contributed by atoms with Crippen LogP contribution in [0.15, 0.2) is 36.4 Å². The van der Waals surface area contributed by atoms with Gasteiger partial charge in [-0.25, -0.2) is 8.42 Å². The van der Waals surface area contributed by atoms with E-state index in [1.54, 1.807) is 12.1 Å². The number of alkyl halides is 1. The molecule has 9 heteroatoms. The molecule has 0 aliphatic heterocycles. The zero-order valence-electron chi connectivity index (χ0n) is 17.5. The molecular weight excluding hydrogens is 483 g/mol. The highest BCUT2D eigenvalue weighted by Gasteiger charge is 2.26. The first kappa shape index (κ1) is 25.8. The van der Waals surface area contributed by atoms with E-state index < -0.39 is 22.2 Å². The van der Waals surface area contributed by atoms with Gasteiger partial charge in [-0.2, -0.15) is 0 Å². The van der Waals surface area contributed by atoms with Crippen molar-refractivity contribution in [2.24, 2.45) is 0 Å². The summed E-state index contributed by atoms with van der Waals surface area (Å²) in [6.45, 7) is 5.78. The maximum atomic E-state index is 11.6. The molecule has 0 amide bonds. The van der Waals surface area contributed by atoms with Gasteiger partial charge in [0.05, 0.1) is 22.4 Å². The Kier molecular flexibility index (Phi) is 9.49. The van der Waals surface area contributed by atoms with Crippen LogP contribution in [0.5, 0.6) is 11.5 Å². The Labute approximate surface area is 199 Å². The van der Waals surface area contributed by atoms with Crippen molar-refractivity contribution in [3.8, 4) is 11.5 Å². The minimum absolute atomic E-state index is 0.346. The molecule has 0 aliphatic carbocycles. The average molecular weight is 508 g/mol. The second kappa shape index (κ2) is 11.4.